The summed E-state index contributed by atoms with van der Waals surface area (Å²) in [5.74, 6) is 0. The highest BCUT2D eigenvalue weighted by Crippen LogP contribution is 2.33. The Balaban J connectivity index is 0.000000834. The zero-order valence-corrected chi connectivity index (χ0v) is 87.1. The smallest absolute Gasteiger partial charge is 0.187 e. The Morgan fingerprint density at radius 2 is 0.333 bits per heavy atom. The molecule has 0 amide bonds. The molecule has 0 bridgehead atoms. The van der Waals surface area contributed by atoms with Crippen LogP contribution in [0.5, 0.6) is 0 Å². The molecule has 10 aliphatic rings. The SMILES string of the molecule is CC(C)O[C@@H]1OC(CO)C[C@H](O)C1O.CC(C)O[C@@H]1OC(CO)[C@@H](O)[C@H](O)C1O.CC(C)O[C@@H]1OC(CO)[C@@H](O)[C@H](O)C1O.CC(CO)O[C@@H]1OC(CO)[C@H](O)[C@H](O)C1O.CCC(C)O[C@@H]1OC(CO)[C@@H](O)[C@H](O)C1O.CCC(C)O[C@@H]1OC(CO)[C@@H](O)[C@H](O)C1O.CCC(C)O[C@@H]1OC(CO)[C@H](O)[C@H](O)C1O.CCO[C@@H]1OC(CO)[C@@H](O)[C@H](O)C1O.CCO[C@@H]1OC(CO)[C@@H](O)[C@H](O)C1O.CCO[C@@H]1OC(CO)[C@H](O)[C@H](O)C1O. The predicted octanol–water partition coefficient (Wildman–Crippen LogP) is -17.9. The summed E-state index contributed by atoms with van der Waals surface area (Å²) >= 11 is 0. The maximum absolute atomic E-state index is 9.62. The number of aliphatic hydroxyl groups is 40. The molecule has 53 atom stereocenters. The number of rotatable bonds is 34. The Labute approximate surface area is 868 Å². The predicted molar refractivity (Wildman–Crippen MR) is 500 cm³/mol. The van der Waals surface area contributed by atoms with Crippen LogP contribution in [0.1, 0.15) is 136 Å². The van der Waals surface area contributed by atoms with Gasteiger partial charge >= 0.3 is 0 Å². The maximum Gasteiger partial charge on any atom is 0.187 e. The number of aliphatic hydroxyl groups excluding tert-OH is 40. The van der Waals surface area contributed by atoms with Crippen molar-refractivity contribution in [3.05, 3.63) is 0 Å². The van der Waals surface area contributed by atoms with Crippen molar-refractivity contribution in [2.24, 2.45) is 0 Å². The largest absolute Gasteiger partial charge is 0.394 e. The summed E-state index contributed by atoms with van der Waals surface area (Å²) in [4.78, 5) is 0. The third kappa shape index (κ3) is 45.5. The van der Waals surface area contributed by atoms with Crippen LogP contribution in [0.3, 0.4) is 0 Å². The van der Waals surface area contributed by atoms with Gasteiger partial charge in [-0.25, -0.2) is 0 Å². The Hall–Kier alpha value is -2.40. The van der Waals surface area contributed by atoms with Crippen LogP contribution in [-0.4, -0.2) is 640 Å². The molecule has 0 aromatic heterocycles. The summed E-state index contributed by atoms with van der Waals surface area (Å²) in [5.41, 5.74) is 0. The van der Waals surface area contributed by atoms with Gasteiger partial charge in [-0.05, 0) is 109 Å². The van der Waals surface area contributed by atoms with Crippen LogP contribution in [0, 0.1) is 0 Å². The van der Waals surface area contributed by atoms with Crippen LogP contribution in [0.15, 0.2) is 0 Å². The Kier molecular flexibility index (Phi) is 72.8. The lowest BCUT2D eigenvalue weighted by Gasteiger charge is -2.40. The molecule has 0 saturated carbocycles. The third-order valence-corrected chi connectivity index (χ3v) is 24.0. The van der Waals surface area contributed by atoms with Gasteiger partial charge in [-0.1, -0.05) is 20.8 Å². The van der Waals surface area contributed by atoms with Crippen LogP contribution in [0.25, 0.3) is 0 Å². The fourth-order valence-electron chi connectivity index (χ4n) is 14.4. The van der Waals surface area contributed by atoms with Gasteiger partial charge in [0.1, 0.15) is 226 Å². The lowest BCUT2D eigenvalue weighted by Crippen LogP contribution is -2.59. The molecule has 150 heavy (non-hydrogen) atoms. The number of ether oxygens (including phenoxy) is 20. The zero-order valence-electron chi connectivity index (χ0n) is 87.1. The van der Waals surface area contributed by atoms with E-state index in [0.717, 1.165) is 19.3 Å². The molecule has 0 aromatic rings. The van der Waals surface area contributed by atoms with E-state index in [2.05, 4.69) is 0 Å². The highest BCUT2D eigenvalue weighted by molar-refractivity contribution is 4.97. The second-order valence-corrected chi connectivity index (χ2v) is 37.0. The Morgan fingerprint density at radius 3 is 0.480 bits per heavy atom. The van der Waals surface area contributed by atoms with Gasteiger partial charge in [0.25, 0.3) is 0 Å². The van der Waals surface area contributed by atoms with Gasteiger partial charge in [0.05, 0.1) is 128 Å². The van der Waals surface area contributed by atoms with Crippen molar-refractivity contribution in [2.45, 2.75) is 480 Å². The Morgan fingerprint density at radius 1 is 0.180 bits per heavy atom. The van der Waals surface area contributed by atoms with Gasteiger partial charge < -0.3 is 299 Å². The van der Waals surface area contributed by atoms with Gasteiger partial charge in [-0.3, -0.25) is 0 Å². The normalized spacial score (nSPS) is 42.3. The minimum Gasteiger partial charge on any atom is -0.394 e. The van der Waals surface area contributed by atoms with Gasteiger partial charge in [-0.2, -0.15) is 0 Å². The monoisotopic (exact) mass is 2220 g/mol. The van der Waals surface area contributed by atoms with Gasteiger partial charge in [0.15, 0.2) is 62.9 Å². The molecule has 40 N–H and O–H groups in total. The second kappa shape index (κ2) is 75.0. The van der Waals surface area contributed by atoms with E-state index in [0.29, 0.717) is 19.8 Å². The van der Waals surface area contributed by atoms with E-state index in [1.54, 1.807) is 76.2 Å². The van der Waals surface area contributed by atoms with E-state index < -0.39 is 367 Å². The molecule has 900 valence electrons. The molecule has 10 rings (SSSR count). The van der Waals surface area contributed by atoms with E-state index in [9.17, 15) is 148 Å². The molecule has 10 aliphatic heterocycles. The van der Waals surface area contributed by atoms with Crippen LogP contribution in [0.2, 0.25) is 0 Å². The van der Waals surface area contributed by atoms with Crippen LogP contribution in [0.4, 0.5) is 0 Å². The first-order valence-corrected chi connectivity index (χ1v) is 49.8. The summed E-state index contributed by atoms with van der Waals surface area (Å²) in [6.07, 6.45) is -56.2. The summed E-state index contributed by atoms with van der Waals surface area (Å²) in [7, 11) is 0. The van der Waals surface area contributed by atoms with E-state index in [-0.39, 0.29) is 56.3 Å². The van der Waals surface area contributed by atoms with Crippen molar-refractivity contribution >= 4 is 0 Å². The highest BCUT2D eigenvalue weighted by Gasteiger charge is 2.53. The van der Waals surface area contributed by atoms with Gasteiger partial charge in [0.2, 0.25) is 0 Å². The molecule has 24 unspecified atom stereocenters. The van der Waals surface area contributed by atoms with Crippen molar-refractivity contribution < 1.29 is 299 Å². The van der Waals surface area contributed by atoms with Crippen molar-refractivity contribution in [1.82, 2.24) is 0 Å². The topological polar surface area (TPSA) is 994 Å². The molecule has 0 radical (unpaired) electrons. The third-order valence-electron chi connectivity index (χ3n) is 24.0. The molecule has 60 heteroatoms. The first-order valence-electron chi connectivity index (χ1n) is 49.8. The first-order chi connectivity index (χ1) is 70.3. The minimum atomic E-state index is -1.46. The number of hydrogen-bond donors (Lipinski definition) is 40. The summed E-state index contributed by atoms with van der Waals surface area (Å²) in [6.45, 7) is 24.9. The van der Waals surface area contributed by atoms with Crippen LogP contribution in [-0.2, 0) is 94.7 Å². The summed E-state index contributed by atoms with van der Waals surface area (Å²) < 4.78 is 103. The van der Waals surface area contributed by atoms with Crippen LogP contribution >= 0.6 is 0 Å². The van der Waals surface area contributed by atoms with E-state index >= 15 is 0 Å². The van der Waals surface area contributed by atoms with E-state index in [1.807, 2.05) is 34.6 Å². The lowest BCUT2D eigenvalue weighted by atomic mass is 9.99. The maximum atomic E-state index is 9.62. The fourth-order valence-corrected chi connectivity index (χ4v) is 14.4. The number of hydrogen-bond acceptors (Lipinski definition) is 60. The molecule has 10 fully saturated rings. The van der Waals surface area contributed by atoms with Crippen molar-refractivity contribution in [3.8, 4) is 0 Å². The summed E-state index contributed by atoms with van der Waals surface area (Å²) in [5, 5.41) is 372. The molecule has 0 aromatic carbocycles. The summed E-state index contributed by atoms with van der Waals surface area (Å²) in [6, 6.07) is 0. The lowest BCUT2D eigenvalue weighted by molar-refractivity contribution is -0.311. The molecular weight excluding hydrogens is 2040 g/mol. The minimum absolute atomic E-state index is 0.0979. The van der Waals surface area contributed by atoms with Gasteiger partial charge in [0, 0.05) is 26.2 Å². The van der Waals surface area contributed by atoms with Crippen LogP contribution < -0.4 is 0 Å². The molecule has 10 saturated heterocycles. The average molecular weight is 2220 g/mol. The zero-order chi connectivity index (χ0) is 115. The average Bonchev–Trinajstić information content (AvgIpc) is 0.849. The second-order valence-electron chi connectivity index (χ2n) is 37.0. The molecule has 0 aliphatic carbocycles. The van der Waals surface area contributed by atoms with E-state index in [4.69, 9.17) is 151 Å². The van der Waals surface area contributed by atoms with E-state index in [1.165, 1.54) is 0 Å². The first kappa shape index (κ1) is 146. The van der Waals surface area contributed by atoms with Crippen molar-refractivity contribution in [1.29, 1.82) is 0 Å². The van der Waals surface area contributed by atoms with Crippen molar-refractivity contribution in [3.63, 3.8) is 0 Å². The molecule has 10 heterocycles. The van der Waals surface area contributed by atoms with Gasteiger partial charge in [-0.15, -0.1) is 0 Å². The molecular formula is C90H180O60. The fraction of sp³-hybridized carbons (Fsp3) is 1.00. The quantitative estimate of drug-likeness (QED) is 0.0284. The Bertz CT molecular complexity index is 2970. The highest BCUT2D eigenvalue weighted by atomic mass is 16.8. The molecule has 60 nitrogen and oxygen atoms in total. The standard InChI is InChI=1S/3C10H20O6.C9H18O7.2C9H18O6.C9H18O5.3C8H16O6/c3*1-3-5(2)15-10-9(14)8(13)7(12)6(4-11)16-10;1-4(2-10)15-9-8(14)7(13)6(12)5(3-11)16-9;2*1-4(2)14-9-8(13)7(12)6(11)5(3-10)15-9;1-5(2)13-9-8(12)7(11)3-6(4-10)14-9;3*1-2-13-8-7(12)6(11)5(10)4(3-9)14-8/h3*5-14H,3-4H2,1-2H3;4-14H,2-3H2,1H3;2*4-13H,3H2,1-2H3;5-12H,3-4H2,1-2H3;3*4-12H,2-3H2,1H3/t2*5?,6?,7-,8+,9?,10-;5?,6?,7-,8-,9?,10+;4?,5?,6-,7-,8?,9+;2*5?,6-,7+,8?,9-;6?,7-,8?,9+;2*4?,5-,6+,7?,8-;4?,5-,6-,7?,8+/m1100110110/s1. The van der Waals surface area contributed by atoms with Crippen molar-refractivity contribution in [2.75, 3.05) is 92.5 Å². The molecule has 0 spiro atoms.